The van der Waals surface area contributed by atoms with Crippen LogP contribution in [0, 0.1) is 0 Å². The lowest BCUT2D eigenvalue weighted by Crippen LogP contribution is -2.60. The molecule has 1 heterocycles. The number of hydrogen-bond acceptors (Lipinski definition) is 4. The number of likely N-dealkylation sites (tertiary alicyclic amines) is 1. The Morgan fingerprint density at radius 2 is 2.27 bits per heavy atom. The van der Waals surface area contributed by atoms with Crippen LogP contribution in [0.25, 0.3) is 0 Å². The molecule has 4 heteroatoms. The van der Waals surface area contributed by atoms with Gasteiger partial charge in [-0.15, -0.1) is 0 Å². The minimum absolute atomic E-state index is 0.114. The first-order valence-corrected chi connectivity index (χ1v) is 5.97. The van der Waals surface area contributed by atoms with E-state index in [0.717, 1.165) is 25.9 Å². The Kier molecular flexibility index (Phi) is 5.53. The molecule has 0 aromatic carbocycles. The topological polar surface area (TPSA) is 61.5 Å². The Morgan fingerprint density at radius 1 is 1.47 bits per heavy atom. The Bertz CT molecular complexity index is 177. The van der Waals surface area contributed by atoms with Crippen molar-refractivity contribution in [2.75, 3.05) is 39.8 Å². The number of hydrogen-bond donors (Lipinski definition) is 3. The molecule has 0 aromatic rings. The largest absolute Gasteiger partial charge is 0.396 e. The van der Waals surface area contributed by atoms with Crippen LogP contribution in [0.4, 0.5) is 0 Å². The first kappa shape index (κ1) is 12.9. The molecule has 1 aliphatic rings. The van der Waals surface area contributed by atoms with Crippen molar-refractivity contribution in [1.82, 2.24) is 10.2 Å². The van der Waals surface area contributed by atoms with Crippen molar-refractivity contribution in [2.24, 2.45) is 5.73 Å². The van der Waals surface area contributed by atoms with Gasteiger partial charge in [0.2, 0.25) is 0 Å². The van der Waals surface area contributed by atoms with E-state index in [-0.39, 0.29) is 12.1 Å². The van der Waals surface area contributed by atoms with Crippen LogP contribution in [0.15, 0.2) is 0 Å². The van der Waals surface area contributed by atoms with Gasteiger partial charge in [-0.1, -0.05) is 0 Å². The van der Waals surface area contributed by atoms with Gasteiger partial charge >= 0.3 is 0 Å². The zero-order valence-corrected chi connectivity index (χ0v) is 9.84. The van der Waals surface area contributed by atoms with Crippen molar-refractivity contribution in [1.29, 1.82) is 0 Å². The standard InChI is InChI=1S/C11H25N3O/c1-14-7-4-5-11(9-12,10-14)13-6-2-3-8-15/h13,15H,2-10,12H2,1H3. The van der Waals surface area contributed by atoms with Gasteiger partial charge in [-0.3, -0.25) is 0 Å². The molecule has 1 aliphatic heterocycles. The fourth-order valence-electron chi connectivity index (χ4n) is 2.34. The highest BCUT2D eigenvalue weighted by Gasteiger charge is 2.31. The third-order valence-electron chi connectivity index (χ3n) is 3.24. The molecule has 90 valence electrons. The van der Waals surface area contributed by atoms with Gasteiger partial charge in [0.05, 0.1) is 0 Å². The number of likely N-dealkylation sites (N-methyl/N-ethyl adjacent to an activating group) is 1. The lowest BCUT2D eigenvalue weighted by Gasteiger charge is -2.41. The lowest BCUT2D eigenvalue weighted by atomic mass is 9.89. The maximum absolute atomic E-state index is 8.71. The molecule has 0 spiro atoms. The molecule has 4 nitrogen and oxygen atoms in total. The summed E-state index contributed by atoms with van der Waals surface area (Å²) in [6, 6.07) is 0. The molecule has 1 unspecified atom stereocenters. The van der Waals surface area contributed by atoms with Gasteiger partial charge in [0, 0.05) is 25.2 Å². The highest BCUT2D eigenvalue weighted by atomic mass is 16.2. The molecule has 1 rings (SSSR count). The van der Waals surface area contributed by atoms with E-state index in [1.54, 1.807) is 0 Å². The molecule has 0 saturated carbocycles. The summed E-state index contributed by atoms with van der Waals surface area (Å²) in [5, 5.41) is 12.3. The Morgan fingerprint density at radius 3 is 2.87 bits per heavy atom. The van der Waals surface area contributed by atoms with Gasteiger partial charge in [-0.25, -0.2) is 0 Å². The molecule has 0 amide bonds. The predicted octanol–water partition coefficient (Wildman–Crippen LogP) is -0.228. The number of nitrogens with one attached hydrogen (secondary N) is 1. The van der Waals surface area contributed by atoms with Crippen molar-refractivity contribution in [3.63, 3.8) is 0 Å². The van der Waals surface area contributed by atoms with Crippen LogP contribution in [-0.4, -0.2) is 55.4 Å². The maximum atomic E-state index is 8.71. The van der Waals surface area contributed by atoms with Crippen LogP contribution in [0.1, 0.15) is 25.7 Å². The van der Waals surface area contributed by atoms with E-state index in [9.17, 15) is 0 Å². The molecule has 0 bridgehead atoms. The van der Waals surface area contributed by atoms with Crippen LogP contribution < -0.4 is 11.1 Å². The van der Waals surface area contributed by atoms with Crippen LogP contribution in [0.2, 0.25) is 0 Å². The fraction of sp³-hybridized carbons (Fsp3) is 1.00. The van der Waals surface area contributed by atoms with Crippen LogP contribution in [0.5, 0.6) is 0 Å². The number of nitrogens with zero attached hydrogens (tertiary/aromatic N) is 1. The van der Waals surface area contributed by atoms with Crippen molar-refractivity contribution in [3.05, 3.63) is 0 Å². The third kappa shape index (κ3) is 4.07. The van der Waals surface area contributed by atoms with Gasteiger partial charge in [0.15, 0.2) is 0 Å². The average Bonchev–Trinajstić information content (AvgIpc) is 2.25. The minimum Gasteiger partial charge on any atom is -0.396 e. The Balaban J connectivity index is 2.31. The molecule has 1 fully saturated rings. The summed E-state index contributed by atoms with van der Waals surface area (Å²) in [4.78, 5) is 2.34. The average molecular weight is 215 g/mol. The molecule has 0 radical (unpaired) electrons. The van der Waals surface area contributed by atoms with Crippen LogP contribution in [0.3, 0.4) is 0 Å². The van der Waals surface area contributed by atoms with Crippen molar-refractivity contribution >= 4 is 0 Å². The van der Waals surface area contributed by atoms with Gasteiger partial charge in [0.25, 0.3) is 0 Å². The zero-order chi connectivity index (χ0) is 11.1. The highest BCUT2D eigenvalue weighted by Crippen LogP contribution is 2.19. The van der Waals surface area contributed by atoms with E-state index in [0.29, 0.717) is 6.54 Å². The summed E-state index contributed by atoms with van der Waals surface area (Å²) in [5.41, 5.74) is 5.99. The lowest BCUT2D eigenvalue weighted by molar-refractivity contribution is 0.148. The van der Waals surface area contributed by atoms with Crippen LogP contribution in [-0.2, 0) is 0 Å². The number of nitrogens with two attached hydrogens (primary N) is 1. The second-order valence-corrected chi connectivity index (χ2v) is 4.68. The van der Waals surface area contributed by atoms with E-state index in [1.807, 2.05) is 0 Å². The second-order valence-electron chi connectivity index (χ2n) is 4.68. The van der Waals surface area contributed by atoms with E-state index in [2.05, 4.69) is 17.3 Å². The van der Waals surface area contributed by atoms with E-state index >= 15 is 0 Å². The summed E-state index contributed by atoms with van der Waals surface area (Å²) in [6.45, 7) is 4.18. The SMILES string of the molecule is CN1CCCC(CN)(NCCCCO)C1. The molecule has 0 aliphatic carbocycles. The smallest absolute Gasteiger partial charge is 0.0432 e. The summed E-state index contributed by atoms with van der Waals surface area (Å²) < 4.78 is 0. The van der Waals surface area contributed by atoms with Crippen molar-refractivity contribution in [3.8, 4) is 0 Å². The molecule has 0 aromatic heterocycles. The number of piperidine rings is 1. The molecular weight excluding hydrogens is 190 g/mol. The second kappa shape index (κ2) is 6.43. The van der Waals surface area contributed by atoms with Gasteiger partial charge < -0.3 is 21.1 Å². The van der Waals surface area contributed by atoms with Crippen LogP contribution >= 0.6 is 0 Å². The Hall–Kier alpha value is -0.160. The molecule has 4 N–H and O–H groups in total. The molecule has 1 saturated heterocycles. The van der Waals surface area contributed by atoms with E-state index < -0.39 is 0 Å². The first-order valence-electron chi connectivity index (χ1n) is 5.97. The quantitative estimate of drug-likeness (QED) is 0.536. The summed E-state index contributed by atoms with van der Waals surface area (Å²) in [6.07, 6.45) is 4.30. The fourth-order valence-corrected chi connectivity index (χ4v) is 2.34. The monoisotopic (exact) mass is 215 g/mol. The normalized spacial score (nSPS) is 28.2. The number of aliphatic hydroxyl groups excluding tert-OH is 1. The van der Waals surface area contributed by atoms with Gasteiger partial charge in [-0.05, 0) is 45.8 Å². The maximum Gasteiger partial charge on any atom is 0.0432 e. The van der Waals surface area contributed by atoms with E-state index in [1.165, 1.54) is 19.4 Å². The summed E-state index contributed by atoms with van der Waals surface area (Å²) in [5.74, 6) is 0. The number of aliphatic hydroxyl groups is 1. The van der Waals surface area contributed by atoms with Gasteiger partial charge in [0.1, 0.15) is 0 Å². The molecule has 1 atom stereocenters. The zero-order valence-electron chi connectivity index (χ0n) is 9.84. The highest BCUT2D eigenvalue weighted by molar-refractivity contribution is 4.94. The van der Waals surface area contributed by atoms with Crippen molar-refractivity contribution < 1.29 is 5.11 Å². The minimum atomic E-state index is 0.114. The van der Waals surface area contributed by atoms with E-state index in [4.69, 9.17) is 10.8 Å². The summed E-state index contributed by atoms with van der Waals surface area (Å²) in [7, 11) is 2.15. The molecule has 15 heavy (non-hydrogen) atoms. The molecular formula is C11H25N3O. The predicted molar refractivity (Wildman–Crippen MR) is 62.8 cm³/mol. The third-order valence-corrected chi connectivity index (χ3v) is 3.24. The Labute approximate surface area is 92.8 Å². The number of rotatable bonds is 6. The first-order chi connectivity index (χ1) is 7.22. The number of unbranched alkanes of at least 4 members (excludes halogenated alkanes) is 1. The van der Waals surface area contributed by atoms with Crippen molar-refractivity contribution in [2.45, 2.75) is 31.2 Å². The summed E-state index contributed by atoms with van der Waals surface area (Å²) >= 11 is 0. The van der Waals surface area contributed by atoms with Gasteiger partial charge in [-0.2, -0.15) is 0 Å².